The van der Waals surface area contributed by atoms with Crippen LogP contribution < -0.4 is 4.74 Å². The van der Waals surface area contributed by atoms with Crippen molar-refractivity contribution in [2.45, 2.75) is 39.0 Å². The van der Waals surface area contributed by atoms with Gasteiger partial charge in [-0.05, 0) is 50.1 Å². The average molecular weight is 394 g/mol. The Morgan fingerprint density at radius 1 is 1.30 bits per heavy atom. The quantitative estimate of drug-likeness (QED) is 0.741. The van der Waals surface area contributed by atoms with Crippen molar-refractivity contribution in [3.05, 3.63) is 53.5 Å². The van der Waals surface area contributed by atoms with Gasteiger partial charge in [-0.25, -0.2) is 8.42 Å². The minimum absolute atomic E-state index is 0.117. The van der Waals surface area contributed by atoms with Crippen LogP contribution >= 0.6 is 0 Å². The number of aryl methyl sites for hydroxylation is 2. The number of benzene rings is 1. The van der Waals surface area contributed by atoms with E-state index in [1.54, 1.807) is 0 Å². The van der Waals surface area contributed by atoms with Gasteiger partial charge in [-0.1, -0.05) is 12.1 Å². The molecule has 1 aliphatic rings. The largest absolute Gasteiger partial charge is 0.491 e. The maximum absolute atomic E-state index is 11.9. The molecule has 0 radical (unpaired) electrons. The molecule has 148 valence electrons. The molecule has 0 aliphatic carbocycles. The molecule has 1 saturated heterocycles. The van der Waals surface area contributed by atoms with Gasteiger partial charge >= 0.3 is 0 Å². The second kappa shape index (κ2) is 8.46. The fourth-order valence-electron chi connectivity index (χ4n) is 3.40. The second-order valence-corrected chi connectivity index (χ2v) is 9.51. The number of ether oxygens (including phenoxy) is 1. The third-order valence-electron chi connectivity index (χ3n) is 4.76. The van der Waals surface area contributed by atoms with Gasteiger partial charge in [0, 0.05) is 12.6 Å². The lowest BCUT2D eigenvalue weighted by Gasteiger charge is -2.29. The van der Waals surface area contributed by atoms with Crippen molar-refractivity contribution in [2.24, 2.45) is 0 Å². The first-order valence-corrected chi connectivity index (χ1v) is 11.0. The molecule has 1 aromatic carbocycles. The van der Waals surface area contributed by atoms with E-state index in [0.717, 1.165) is 17.1 Å². The summed E-state index contributed by atoms with van der Waals surface area (Å²) in [5.74, 6) is 2.61. The van der Waals surface area contributed by atoms with E-state index in [0.29, 0.717) is 25.3 Å². The average Bonchev–Trinajstić information content (AvgIpc) is 3.17. The molecule has 1 aliphatic heterocycles. The van der Waals surface area contributed by atoms with Crippen molar-refractivity contribution in [1.29, 1.82) is 0 Å². The van der Waals surface area contributed by atoms with Crippen molar-refractivity contribution >= 4 is 9.84 Å². The number of sulfone groups is 1. The topological polar surface area (TPSA) is 80.0 Å². The van der Waals surface area contributed by atoms with E-state index in [1.807, 2.05) is 55.1 Å². The Bertz CT molecular complexity index is 861. The van der Waals surface area contributed by atoms with Gasteiger partial charge in [0.1, 0.15) is 30.0 Å². The summed E-state index contributed by atoms with van der Waals surface area (Å²) in [7, 11) is -3.01. The Balaban J connectivity index is 1.63. The van der Waals surface area contributed by atoms with E-state index in [-0.39, 0.29) is 24.2 Å². The Labute approximate surface area is 160 Å². The van der Waals surface area contributed by atoms with Gasteiger partial charge in [0.25, 0.3) is 0 Å². The lowest BCUT2D eigenvalue weighted by Crippen LogP contribution is -2.42. The minimum atomic E-state index is -3.01. The van der Waals surface area contributed by atoms with Crippen LogP contribution in [0, 0.1) is 13.8 Å². The maximum atomic E-state index is 11.9. The van der Waals surface area contributed by atoms with Crippen molar-refractivity contribution in [1.82, 2.24) is 4.90 Å². The lowest BCUT2D eigenvalue weighted by molar-refractivity contribution is 0.0496. The SMILES string of the molecule is Cc1cccc(OCC(O)CN(Cc2ccc(C)o2)C2CCS(=O)(=O)C2)c1. The van der Waals surface area contributed by atoms with Crippen LogP contribution in [-0.2, 0) is 16.4 Å². The summed E-state index contributed by atoms with van der Waals surface area (Å²) in [5, 5.41) is 10.5. The van der Waals surface area contributed by atoms with Crippen LogP contribution in [0.4, 0.5) is 0 Å². The van der Waals surface area contributed by atoms with Crippen LogP contribution in [0.15, 0.2) is 40.8 Å². The van der Waals surface area contributed by atoms with E-state index in [4.69, 9.17) is 9.15 Å². The highest BCUT2D eigenvalue weighted by Gasteiger charge is 2.33. The van der Waals surface area contributed by atoms with Gasteiger partial charge in [-0.15, -0.1) is 0 Å². The fraction of sp³-hybridized carbons (Fsp3) is 0.500. The van der Waals surface area contributed by atoms with Gasteiger partial charge in [-0.3, -0.25) is 4.90 Å². The zero-order chi connectivity index (χ0) is 19.4. The molecule has 1 N–H and O–H groups in total. The molecule has 3 rings (SSSR count). The molecule has 2 unspecified atom stereocenters. The van der Waals surface area contributed by atoms with Crippen molar-refractivity contribution in [3.8, 4) is 5.75 Å². The van der Waals surface area contributed by atoms with Gasteiger partial charge in [0.05, 0.1) is 18.1 Å². The number of furan rings is 1. The molecule has 2 atom stereocenters. The number of hydrogen-bond donors (Lipinski definition) is 1. The smallest absolute Gasteiger partial charge is 0.151 e. The van der Waals surface area contributed by atoms with Crippen molar-refractivity contribution in [2.75, 3.05) is 24.7 Å². The first-order valence-electron chi connectivity index (χ1n) is 9.18. The van der Waals surface area contributed by atoms with Crippen LogP contribution in [0.3, 0.4) is 0 Å². The Morgan fingerprint density at radius 2 is 2.11 bits per heavy atom. The molecule has 1 aromatic heterocycles. The molecule has 1 fully saturated rings. The first kappa shape index (κ1) is 19.9. The van der Waals surface area contributed by atoms with Crippen LogP contribution in [0.5, 0.6) is 5.75 Å². The molecule has 0 spiro atoms. The fourth-order valence-corrected chi connectivity index (χ4v) is 5.16. The number of hydrogen-bond acceptors (Lipinski definition) is 6. The highest BCUT2D eigenvalue weighted by Crippen LogP contribution is 2.21. The molecule has 7 heteroatoms. The molecule has 0 saturated carbocycles. The number of rotatable bonds is 8. The summed E-state index contributed by atoms with van der Waals surface area (Å²) in [6.07, 6.45) is -0.155. The van der Waals surface area contributed by atoms with Crippen LogP contribution in [0.25, 0.3) is 0 Å². The summed E-state index contributed by atoms with van der Waals surface area (Å²) in [5.41, 5.74) is 1.09. The number of aliphatic hydroxyl groups is 1. The number of aliphatic hydroxyl groups excluding tert-OH is 1. The van der Waals surface area contributed by atoms with Gasteiger partial charge in [-0.2, -0.15) is 0 Å². The van der Waals surface area contributed by atoms with Crippen LogP contribution in [0.2, 0.25) is 0 Å². The zero-order valence-corrected chi connectivity index (χ0v) is 16.6. The third-order valence-corrected chi connectivity index (χ3v) is 6.51. The van der Waals surface area contributed by atoms with Crippen molar-refractivity contribution < 1.29 is 22.7 Å². The Morgan fingerprint density at radius 3 is 2.74 bits per heavy atom. The van der Waals surface area contributed by atoms with E-state index >= 15 is 0 Å². The summed E-state index contributed by atoms with van der Waals surface area (Å²) in [4.78, 5) is 1.99. The zero-order valence-electron chi connectivity index (χ0n) is 15.8. The van der Waals surface area contributed by atoms with E-state index < -0.39 is 15.9 Å². The molecule has 6 nitrogen and oxygen atoms in total. The minimum Gasteiger partial charge on any atom is -0.491 e. The second-order valence-electron chi connectivity index (χ2n) is 7.28. The Kier molecular flexibility index (Phi) is 6.24. The van der Waals surface area contributed by atoms with Gasteiger partial charge in [0.15, 0.2) is 9.84 Å². The maximum Gasteiger partial charge on any atom is 0.151 e. The summed E-state index contributed by atoms with van der Waals surface area (Å²) >= 11 is 0. The molecule has 0 bridgehead atoms. The molecular formula is C20H27NO5S. The van der Waals surface area contributed by atoms with Crippen molar-refractivity contribution in [3.63, 3.8) is 0 Å². The van der Waals surface area contributed by atoms with E-state index in [9.17, 15) is 13.5 Å². The predicted molar refractivity (Wildman–Crippen MR) is 104 cm³/mol. The molecular weight excluding hydrogens is 366 g/mol. The van der Waals surface area contributed by atoms with E-state index in [1.165, 1.54) is 0 Å². The number of nitrogens with zero attached hydrogens (tertiary/aromatic N) is 1. The lowest BCUT2D eigenvalue weighted by atomic mass is 10.2. The standard InChI is InChI=1S/C20H27NO5S/c1-15-4-3-5-19(10-15)25-13-18(22)11-21(12-20-7-6-16(2)26-20)17-8-9-27(23,24)14-17/h3-7,10,17-18,22H,8-9,11-14H2,1-2H3. The summed E-state index contributed by atoms with van der Waals surface area (Å²) < 4.78 is 35.1. The van der Waals surface area contributed by atoms with E-state index in [2.05, 4.69) is 0 Å². The molecule has 0 amide bonds. The van der Waals surface area contributed by atoms with Gasteiger partial charge < -0.3 is 14.3 Å². The normalized spacial score (nSPS) is 20.1. The first-order chi connectivity index (χ1) is 12.8. The summed E-state index contributed by atoms with van der Waals surface area (Å²) in [6, 6.07) is 11.3. The summed E-state index contributed by atoms with van der Waals surface area (Å²) in [6.45, 7) is 4.80. The molecule has 27 heavy (non-hydrogen) atoms. The molecule has 2 heterocycles. The highest BCUT2D eigenvalue weighted by molar-refractivity contribution is 7.91. The van der Waals surface area contributed by atoms with Crippen LogP contribution in [-0.4, -0.2) is 55.2 Å². The van der Waals surface area contributed by atoms with Crippen LogP contribution in [0.1, 0.15) is 23.5 Å². The van der Waals surface area contributed by atoms with Gasteiger partial charge in [0.2, 0.25) is 0 Å². The highest BCUT2D eigenvalue weighted by atomic mass is 32.2. The third kappa shape index (κ3) is 5.82. The predicted octanol–water partition coefficient (Wildman–Crippen LogP) is 2.33. The molecule has 2 aromatic rings. The monoisotopic (exact) mass is 393 g/mol. The Hall–Kier alpha value is -1.83.